The van der Waals surface area contributed by atoms with E-state index in [4.69, 9.17) is 9.73 Å². The minimum Gasteiger partial charge on any atom is -0.467 e. The Morgan fingerprint density at radius 2 is 1.72 bits per heavy atom. The first-order valence-electron chi connectivity index (χ1n) is 11.0. The highest BCUT2D eigenvalue weighted by atomic mass is 16.5. The second kappa shape index (κ2) is 7.98. The van der Waals surface area contributed by atoms with Gasteiger partial charge in [0.2, 0.25) is 0 Å². The standard InChI is InChI=1S/C25H35N3O/c1-6-26-24-23-18(2)19(3)29-20(4)22(23)16-25(24,5)17-27-12-14-28(15-13-27)21-10-8-7-9-11-21/h7-11,23H,6,12-17H2,1-5H3. The Morgan fingerprint density at radius 3 is 2.38 bits per heavy atom. The average molecular weight is 394 g/mol. The highest BCUT2D eigenvalue weighted by Gasteiger charge is 2.49. The van der Waals surface area contributed by atoms with Crippen molar-refractivity contribution in [2.24, 2.45) is 16.3 Å². The maximum absolute atomic E-state index is 6.07. The van der Waals surface area contributed by atoms with E-state index in [1.165, 1.54) is 22.5 Å². The van der Waals surface area contributed by atoms with Gasteiger partial charge >= 0.3 is 0 Å². The number of allylic oxidation sites excluding steroid dienone is 4. The van der Waals surface area contributed by atoms with Crippen LogP contribution in [-0.2, 0) is 4.74 Å². The molecular weight excluding hydrogens is 358 g/mol. The summed E-state index contributed by atoms with van der Waals surface area (Å²) in [6.07, 6.45) is 1.06. The van der Waals surface area contributed by atoms with Gasteiger partial charge in [0.05, 0.1) is 0 Å². The molecule has 0 N–H and O–H groups in total. The van der Waals surface area contributed by atoms with Gasteiger partial charge in [-0.3, -0.25) is 9.89 Å². The molecule has 2 unspecified atom stereocenters. The van der Waals surface area contributed by atoms with Crippen LogP contribution in [-0.4, -0.2) is 49.9 Å². The van der Waals surface area contributed by atoms with E-state index in [0.717, 1.165) is 57.2 Å². The Labute approximate surface area is 175 Å². The van der Waals surface area contributed by atoms with E-state index in [9.17, 15) is 0 Å². The van der Waals surface area contributed by atoms with Crippen LogP contribution in [0.4, 0.5) is 5.69 Å². The quantitative estimate of drug-likeness (QED) is 0.729. The second-order valence-electron chi connectivity index (χ2n) is 9.05. The molecule has 1 saturated carbocycles. The molecule has 2 heterocycles. The molecule has 0 aromatic heterocycles. The van der Waals surface area contributed by atoms with Crippen molar-refractivity contribution in [2.75, 3.05) is 44.2 Å². The number of benzene rings is 1. The molecule has 0 spiro atoms. The Hall–Kier alpha value is -2.07. The SMILES string of the molecule is CCN=C1C2C(C)=C(C)OC(C)=C2CC1(C)CN1CCN(c2ccccc2)CC1. The highest BCUT2D eigenvalue weighted by Crippen LogP contribution is 2.50. The fourth-order valence-corrected chi connectivity index (χ4v) is 5.39. The van der Waals surface area contributed by atoms with Crippen molar-refractivity contribution in [3.63, 3.8) is 0 Å². The molecule has 3 aliphatic rings. The summed E-state index contributed by atoms with van der Waals surface area (Å²) in [7, 11) is 0. The fraction of sp³-hybridized carbons (Fsp3) is 0.560. The van der Waals surface area contributed by atoms with Gasteiger partial charge in [0.15, 0.2) is 0 Å². The first-order valence-corrected chi connectivity index (χ1v) is 11.0. The van der Waals surface area contributed by atoms with Crippen molar-refractivity contribution >= 4 is 11.4 Å². The largest absolute Gasteiger partial charge is 0.467 e. The second-order valence-corrected chi connectivity index (χ2v) is 9.05. The molecular formula is C25H35N3O. The predicted molar refractivity (Wildman–Crippen MR) is 121 cm³/mol. The number of hydrogen-bond donors (Lipinski definition) is 0. The number of ether oxygens (including phenoxy) is 1. The summed E-state index contributed by atoms with van der Waals surface area (Å²) in [5, 5.41) is 0. The maximum Gasteiger partial charge on any atom is 0.101 e. The Balaban J connectivity index is 1.51. The molecule has 4 rings (SSSR count). The molecule has 1 aliphatic carbocycles. The van der Waals surface area contributed by atoms with Crippen molar-refractivity contribution < 1.29 is 4.74 Å². The summed E-state index contributed by atoms with van der Waals surface area (Å²) >= 11 is 0. The number of anilines is 1. The van der Waals surface area contributed by atoms with Crippen LogP contribution < -0.4 is 4.90 Å². The van der Waals surface area contributed by atoms with Crippen LogP contribution in [0, 0.1) is 11.3 Å². The number of nitrogens with zero attached hydrogens (tertiary/aromatic N) is 3. The average Bonchev–Trinajstić information content (AvgIpc) is 3.01. The molecule has 2 fully saturated rings. The lowest BCUT2D eigenvalue weighted by Crippen LogP contribution is -2.50. The zero-order valence-corrected chi connectivity index (χ0v) is 18.7. The fourth-order valence-electron chi connectivity index (χ4n) is 5.39. The van der Waals surface area contributed by atoms with Gasteiger partial charge in [-0.15, -0.1) is 0 Å². The number of piperazine rings is 1. The van der Waals surface area contributed by atoms with Gasteiger partial charge < -0.3 is 9.64 Å². The number of hydrogen-bond acceptors (Lipinski definition) is 4. The molecule has 29 heavy (non-hydrogen) atoms. The third-order valence-electron chi connectivity index (χ3n) is 6.96. The van der Waals surface area contributed by atoms with E-state index < -0.39 is 0 Å². The van der Waals surface area contributed by atoms with Gasteiger partial charge in [0, 0.05) is 62.0 Å². The molecule has 1 saturated heterocycles. The Bertz CT molecular complexity index is 846. The molecule has 1 aromatic carbocycles. The molecule has 156 valence electrons. The smallest absolute Gasteiger partial charge is 0.101 e. The van der Waals surface area contributed by atoms with Crippen LogP contribution in [0.3, 0.4) is 0 Å². The molecule has 0 bridgehead atoms. The Kier molecular flexibility index (Phi) is 5.56. The molecule has 4 heteroatoms. The van der Waals surface area contributed by atoms with E-state index in [2.05, 4.69) is 74.8 Å². The van der Waals surface area contributed by atoms with Crippen LogP contribution >= 0.6 is 0 Å². The summed E-state index contributed by atoms with van der Waals surface area (Å²) in [4.78, 5) is 10.2. The normalized spacial score (nSPS) is 29.5. The van der Waals surface area contributed by atoms with Gasteiger partial charge in [-0.25, -0.2) is 0 Å². The number of rotatable bonds is 4. The third-order valence-corrected chi connectivity index (χ3v) is 6.96. The molecule has 2 atom stereocenters. The van der Waals surface area contributed by atoms with Crippen molar-refractivity contribution in [3.8, 4) is 0 Å². The van der Waals surface area contributed by atoms with Crippen molar-refractivity contribution in [1.29, 1.82) is 0 Å². The van der Waals surface area contributed by atoms with Gasteiger partial charge in [0.25, 0.3) is 0 Å². The summed E-state index contributed by atoms with van der Waals surface area (Å²) in [6.45, 7) is 17.4. The first kappa shape index (κ1) is 20.2. The minimum absolute atomic E-state index is 0.0847. The van der Waals surface area contributed by atoms with Crippen LogP contribution in [0.5, 0.6) is 0 Å². The number of para-hydroxylation sites is 1. The van der Waals surface area contributed by atoms with Gasteiger partial charge in [-0.05, 0) is 57.4 Å². The summed E-state index contributed by atoms with van der Waals surface area (Å²) in [6, 6.07) is 10.8. The summed E-state index contributed by atoms with van der Waals surface area (Å²) in [5.74, 6) is 2.50. The first-order chi connectivity index (χ1) is 13.9. The molecule has 1 aromatic rings. The van der Waals surface area contributed by atoms with E-state index in [0.29, 0.717) is 5.92 Å². The monoisotopic (exact) mass is 393 g/mol. The topological polar surface area (TPSA) is 28.1 Å². The molecule has 4 nitrogen and oxygen atoms in total. The van der Waals surface area contributed by atoms with Crippen LogP contribution in [0.25, 0.3) is 0 Å². The van der Waals surface area contributed by atoms with Crippen LogP contribution in [0.2, 0.25) is 0 Å². The van der Waals surface area contributed by atoms with Crippen molar-refractivity contribution in [2.45, 2.75) is 41.0 Å². The molecule has 2 aliphatic heterocycles. The van der Waals surface area contributed by atoms with E-state index in [1.807, 2.05) is 0 Å². The lowest BCUT2D eigenvalue weighted by molar-refractivity contribution is 0.201. The zero-order valence-electron chi connectivity index (χ0n) is 18.7. The van der Waals surface area contributed by atoms with Gasteiger partial charge in [-0.2, -0.15) is 0 Å². The van der Waals surface area contributed by atoms with Crippen LogP contribution in [0.1, 0.15) is 41.0 Å². The predicted octanol–water partition coefficient (Wildman–Crippen LogP) is 4.89. The van der Waals surface area contributed by atoms with Crippen molar-refractivity contribution in [3.05, 3.63) is 53.0 Å². The number of aliphatic imine (C=N–C) groups is 1. The zero-order chi connectivity index (χ0) is 20.6. The van der Waals surface area contributed by atoms with Gasteiger partial charge in [-0.1, -0.05) is 25.1 Å². The van der Waals surface area contributed by atoms with E-state index in [1.54, 1.807) is 0 Å². The highest BCUT2D eigenvalue weighted by molar-refractivity contribution is 6.00. The third kappa shape index (κ3) is 3.75. The van der Waals surface area contributed by atoms with Gasteiger partial charge in [0.1, 0.15) is 11.5 Å². The molecule has 0 radical (unpaired) electrons. The Morgan fingerprint density at radius 1 is 1.03 bits per heavy atom. The van der Waals surface area contributed by atoms with Crippen LogP contribution in [0.15, 0.2) is 58.0 Å². The lowest BCUT2D eigenvalue weighted by atomic mass is 9.82. The van der Waals surface area contributed by atoms with E-state index >= 15 is 0 Å². The maximum atomic E-state index is 6.07. The lowest BCUT2D eigenvalue weighted by Gasteiger charge is -2.40. The minimum atomic E-state index is 0.0847. The van der Waals surface area contributed by atoms with Crippen molar-refractivity contribution in [1.82, 2.24) is 4.90 Å². The summed E-state index contributed by atoms with van der Waals surface area (Å²) in [5.41, 5.74) is 5.59. The molecule has 0 amide bonds. The number of fused-ring (bicyclic) bond motifs is 1. The van der Waals surface area contributed by atoms with E-state index in [-0.39, 0.29) is 5.41 Å². The summed E-state index contributed by atoms with van der Waals surface area (Å²) < 4.78 is 6.07.